The van der Waals surface area contributed by atoms with Gasteiger partial charge >= 0.3 is 0 Å². The summed E-state index contributed by atoms with van der Waals surface area (Å²) >= 11 is 31.2. The molecule has 180 valence electrons. The number of anilines is 1. The number of carbonyl (C=O) groups excluding carboxylic acids is 2. The first-order valence-corrected chi connectivity index (χ1v) is 12.7. The SMILES string of the molecule is CCn1c(SCC(=O)Nc2cc(Cl)c(Cl)cc2Cl)nnc1[C@@H](C)NC(=O)c1ccc(Cl)cc1Cl. The number of nitrogens with one attached hydrogen (secondary N) is 2. The van der Waals surface area contributed by atoms with Crippen LogP contribution >= 0.6 is 69.8 Å². The van der Waals surface area contributed by atoms with Gasteiger partial charge < -0.3 is 15.2 Å². The Labute approximate surface area is 225 Å². The molecular formula is C21H18Cl5N5O2S. The van der Waals surface area contributed by atoms with E-state index < -0.39 is 6.04 Å². The second-order valence-corrected chi connectivity index (χ2v) is 10.00. The molecule has 3 rings (SSSR count). The van der Waals surface area contributed by atoms with E-state index in [1.165, 1.54) is 30.0 Å². The van der Waals surface area contributed by atoms with Gasteiger partial charge in [-0.25, -0.2) is 0 Å². The second-order valence-electron chi connectivity index (χ2n) is 6.99. The van der Waals surface area contributed by atoms with E-state index in [0.29, 0.717) is 38.8 Å². The fourth-order valence-corrected chi connectivity index (χ4v) is 4.87. The Morgan fingerprint density at radius 1 is 1.00 bits per heavy atom. The highest BCUT2D eigenvalue weighted by atomic mass is 35.5. The van der Waals surface area contributed by atoms with Crippen LogP contribution in [-0.4, -0.2) is 32.3 Å². The number of carbonyl (C=O) groups is 2. The van der Waals surface area contributed by atoms with E-state index in [2.05, 4.69) is 20.8 Å². The van der Waals surface area contributed by atoms with Crippen molar-refractivity contribution in [2.24, 2.45) is 0 Å². The van der Waals surface area contributed by atoms with Crippen molar-refractivity contribution in [3.63, 3.8) is 0 Å². The summed E-state index contributed by atoms with van der Waals surface area (Å²) in [5, 5.41) is 16.0. The van der Waals surface area contributed by atoms with Crippen LogP contribution in [0.5, 0.6) is 0 Å². The van der Waals surface area contributed by atoms with Crippen molar-refractivity contribution in [3.8, 4) is 0 Å². The number of rotatable bonds is 8. The third-order valence-electron chi connectivity index (χ3n) is 4.59. The lowest BCUT2D eigenvalue weighted by atomic mass is 10.2. The summed E-state index contributed by atoms with van der Waals surface area (Å²) in [6.07, 6.45) is 0. The minimum atomic E-state index is -0.468. The molecule has 0 fully saturated rings. The van der Waals surface area contributed by atoms with Gasteiger partial charge in [-0.15, -0.1) is 10.2 Å². The summed E-state index contributed by atoms with van der Waals surface area (Å²) in [5.41, 5.74) is 0.657. The van der Waals surface area contributed by atoms with Crippen molar-refractivity contribution < 1.29 is 9.59 Å². The van der Waals surface area contributed by atoms with Gasteiger partial charge in [0.25, 0.3) is 5.91 Å². The van der Waals surface area contributed by atoms with Crippen molar-refractivity contribution in [2.45, 2.75) is 31.6 Å². The van der Waals surface area contributed by atoms with Crippen molar-refractivity contribution in [1.82, 2.24) is 20.1 Å². The molecule has 34 heavy (non-hydrogen) atoms. The molecule has 0 unspecified atom stereocenters. The number of nitrogens with zero attached hydrogens (tertiary/aromatic N) is 3. The number of halogens is 5. The predicted octanol–water partition coefficient (Wildman–Crippen LogP) is 6.79. The molecule has 0 aliphatic heterocycles. The van der Waals surface area contributed by atoms with Crippen molar-refractivity contribution in [2.75, 3.05) is 11.1 Å². The van der Waals surface area contributed by atoms with Crippen LogP contribution in [0.1, 0.15) is 36.1 Å². The number of benzene rings is 2. The predicted molar refractivity (Wildman–Crippen MR) is 139 cm³/mol. The molecule has 0 radical (unpaired) electrons. The number of hydrogen-bond acceptors (Lipinski definition) is 5. The Morgan fingerprint density at radius 2 is 1.71 bits per heavy atom. The molecule has 1 atom stereocenters. The Bertz CT molecular complexity index is 1240. The van der Waals surface area contributed by atoms with Crippen LogP contribution in [0.4, 0.5) is 5.69 Å². The van der Waals surface area contributed by atoms with Crippen LogP contribution in [0.25, 0.3) is 0 Å². The third-order valence-corrected chi connectivity index (χ3v) is 7.14. The Balaban J connectivity index is 1.66. The molecule has 0 aliphatic rings. The molecule has 0 bridgehead atoms. The van der Waals surface area contributed by atoms with Crippen LogP contribution in [0.15, 0.2) is 35.5 Å². The lowest BCUT2D eigenvalue weighted by molar-refractivity contribution is -0.113. The highest BCUT2D eigenvalue weighted by Gasteiger charge is 2.21. The quantitative estimate of drug-likeness (QED) is 0.226. The number of thioether (sulfide) groups is 1. The number of aromatic nitrogens is 3. The fourth-order valence-electron chi connectivity index (χ4n) is 2.97. The average molecular weight is 582 g/mol. The zero-order valence-electron chi connectivity index (χ0n) is 17.8. The zero-order chi connectivity index (χ0) is 25.0. The standard InChI is InChI=1S/C21H18Cl5N5O2S/c1-3-31-19(10(2)27-20(33)12-5-4-11(22)6-13(12)23)29-30-21(31)34-9-18(32)28-17-8-15(25)14(24)7-16(17)26/h4-8,10H,3,9H2,1-2H3,(H,27,33)(H,28,32)/t10-/m1/s1. The van der Waals surface area contributed by atoms with Crippen LogP contribution in [-0.2, 0) is 11.3 Å². The fraction of sp³-hybridized carbons (Fsp3) is 0.238. The molecule has 0 saturated carbocycles. The number of amides is 2. The van der Waals surface area contributed by atoms with Crippen molar-refractivity contribution >= 4 is 87.3 Å². The molecule has 1 aromatic heterocycles. The molecule has 0 saturated heterocycles. The zero-order valence-corrected chi connectivity index (χ0v) is 22.4. The topological polar surface area (TPSA) is 88.9 Å². The van der Waals surface area contributed by atoms with Gasteiger partial charge in [-0.2, -0.15) is 0 Å². The van der Waals surface area contributed by atoms with Gasteiger partial charge in [-0.05, 0) is 44.2 Å². The summed E-state index contributed by atoms with van der Waals surface area (Å²) < 4.78 is 1.82. The molecule has 2 amide bonds. The largest absolute Gasteiger partial charge is 0.342 e. The van der Waals surface area contributed by atoms with Gasteiger partial charge in [0, 0.05) is 11.6 Å². The van der Waals surface area contributed by atoms with Gasteiger partial charge in [0.2, 0.25) is 5.91 Å². The first kappa shape index (κ1) is 26.9. The van der Waals surface area contributed by atoms with E-state index in [0.717, 1.165) is 0 Å². The molecule has 2 aromatic carbocycles. The highest BCUT2D eigenvalue weighted by molar-refractivity contribution is 7.99. The van der Waals surface area contributed by atoms with Crippen LogP contribution in [0.2, 0.25) is 25.1 Å². The maximum Gasteiger partial charge on any atom is 0.253 e. The smallest absolute Gasteiger partial charge is 0.253 e. The van der Waals surface area contributed by atoms with Crippen molar-refractivity contribution in [1.29, 1.82) is 0 Å². The monoisotopic (exact) mass is 579 g/mol. The molecule has 7 nitrogen and oxygen atoms in total. The van der Waals surface area contributed by atoms with E-state index in [9.17, 15) is 9.59 Å². The highest BCUT2D eigenvalue weighted by Crippen LogP contribution is 2.32. The minimum Gasteiger partial charge on any atom is -0.342 e. The molecule has 3 aromatic rings. The molecule has 1 heterocycles. The Kier molecular flexibility index (Phi) is 9.37. The summed E-state index contributed by atoms with van der Waals surface area (Å²) in [5.74, 6) is -0.0879. The summed E-state index contributed by atoms with van der Waals surface area (Å²) in [6.45, 7) is 4.23. The van der Waals surface area contributed by atoms with E-state index in [-0.39, 0.29) is 32.6 Å². The molecule has 0 aliphatic carbocycles. The second kappa shape index (κ2) is 11.8. The minimum absolute atomic E-state index is 0.0514. The summed E-state index contributed by atoms with van der Waals surface area (Å²) in [7, 11) is 0. The number of hydrogen-bond donors (Lipinski definition) is 2. The molecule has 13 heteroatoms. The van der Waals surface area contributed by atoms with E-state index in [1.54, 1.807) is 19.1 Å². The first-order valence-electron chi connectivity index (χ1n) is 9.86. The lowest BCUT2D eigenvalue weighted by Crippen LogP contribution is -2.29. The van der Waals surface area contributed by atoms with Gasteiger partial charge in [-0.3, -0.25) is 9.59 Å². The average Bonchev–Trinajstić information content (AvgIpc) is 3.19. The lowest BCUT2D eigenvalue weighted by Gasteiger charge is -2.15. The van der Waals surface area contributed by atoms with E-state index in [4.69, 9.17) is 58.0 Å². The third kappa shape index (κ3) is 6.50. The maximum absolute atomic E-state index is 12.6. The Hall–Kier alpha value is -1.68. The summed E-state index contributed by atoms with van der Waals surface area (Å²) in [6, 6.07) is 7.12. The van der Waals surface area contributed by atoms with Crippen LogP contribution in [0, 0.1) is 0 Å². The van der Waals surface area contributed by atoms with Gasteiger partial charge in [0.1, 0.15) is 0 Å². The van der Waals surface area contributed by atoms with Crippen LogP contribution < -0.4 is 10.6 Å². The normalized spacial score (nSPS) is 11.9. The van der Waals surface area contributed by atoms with Gasteiger partial charge in [0.15, 0.2) is 11.0 Å². The van der Waals surface area contributed by atoms with Gasteiger partial charge in [0.05, 0.1) is 43.1 Å². The molecule has 0 spiro atoms. The van der Waals surface area contributed by atoms with E-state index in [1.807, 2.05) is 11.5 Å². The summed E-state index contributed by atoms with van der Waals surface area (Å²) in [4.78, 5) is 25.1. The first-order chi connectivity index (χ1) is 16.1. The van der Waals surface area contributed by atoms with Crippen molar-refractivity contribution in [3.05, 3.63) is 66.8 Å². The maximum atomic E-state index is 12.6. The van der Waals surface area contributed by atoms with Crippen LogP contribution in [0.3, 0.4) is 0 Å². The Morgan fingerprint density at radius 3 is 2.38 bits per heavy atom. The molecule has 2 N–H and O–H groups in total. The van der Waals surface area contributed by atoms with E-state index >= 15 is 0 Å². The molecular weight excluding hydrogens is 564 g/mol. The van der Waals surface area contributed by atoms with Gasteiger partial charge in [-0.1, -0.05) is 69.8 Å².